The lowest BCUT2D eigenvalue weighted by Crippen LogP contribution is -2.46. The quantitative estimate of drug-likeness (QED) is 0.767. The number of aromatic nitrogens is 2. The molecule has 140 valence electrons. The maximum atomic E-state index is 11.9. The molecule has 0 bridgehead atoms. The summed E-state index contributed by atoms with van der Waals surface area (Å²) in [5.41, 5.74) is -0.163. The van der Waals surface area contributed by atoms with E-state index in [9.17, 15) is 4.79 Å². The Morgan fingerprint density at radius 2 is 2.23 bits per heavy atom. The van der Waals surface area contributed by atoms with E-state index in [1.807, 2.05) is 7.05 Å². The summed E-state index contributed by atoms with van der Waals surface area (Å²) in [6, 6.07) is 3.51. The molecule has 0 amide bonds. The third-order valence-electron chi connectivity index (χ3n) is 4.62. The molecular formula is C18H24N4O4. The number of methoxy groups -OCH3 is 2. The Balaban J connectivity index is 1.66. The van der Waals surface area contributed by atoms with Crippen LogP contribution in [0.3, 0.4) is 0 Å². The van der Waals surface area contributed by atoms with E-state index in [-0.39, 0.29) is 17.2 Å². The normalized spacial score (nSPS) is 17.7. The standard InChI is InChI=1S/C18H24N4O4/c1-21(18-19-7-6-17(20-18)25-3)13-5-4-8-22(10-13)11-14-9-15(23)16(24-2)12-26-14/h6-7,9,12-13H,4-5,8,10-11H2,1-3H3. The number of anilines is 1. The average Bonchev–Trinajstić information content (AvgIpc) is 2.68. The Morgan fingerprint density at radius 1 is 1.38 bits per heavy atom. The number of likely N-dealkylation sites (N-methyl/N-ethyl adjacent to an activating group) is 1. The lowest BCUT2D eigenvalue weighted by Gasteiger charge is -2.37. The Bertz CT molecular complexity index is 795. The van der Waals surface area contributed by atoms with Crippen molar-refractivity contribution in [1.29, 1.82) is 0 Å². The molecule has 1 unspecified atom stereocenters. The number of rotatable bonds is 6. The zero-order chi connectivity index (χ0) is 18.5. The third kappa shape index (κ3) is 4.13. The van der Waals surface area contributed by atoms with Gasteiger partial charge in [0, 0.05) is 38.0 Å². The molecule has 8 heteroatoms. The second kappa shape index (κ2) is 8.18. The van der Waals surface area contributed by atoms with E-state index in [1.54, 1.807) is 19.4 Å². The van der Waals surface area contributed by atoms with Crippen molar-refractivity contribution in [2.75, 3.05) is 39.3 Å². The highest BCUT2D eigenvalue weighted by Gasteiger charge is 2.25. The highest BCUT2D eigenvalue weighted by molar-refractivity contribution is 5.32. The number of piperidine rings is 1. The van der Waals surface area contributed by atoms with E-state index in [1.165, 1.54) is 19.4 Å². The van der Waals surface area contributed by atoms with Gasteiger partial charge in [0.2, 0.25) is 23.0 Å². The second-order valence-electron chi connectivity index (χ2n) is 6.32. The van der Waals surface area contributed by atoms with Crippen molar-refractivity contribution in [2.45, 2.75) is 25.4 Å². The van der Waals surface area contributed by atoms with Gasteiger partial charge in [-0.05, 0) is 19.4 Å². The predicted molar refractivity (Wildman–Crippen MR) is 96.8 cm³/mol. The summed E-state index contributed by atoms with van der Waals surface area (Å²) < 4.78 is 15.7. The fraction of sp³-hybridized carbons (Fsp3) is 0.500. The van der Waals surface area contributed by atoms with E-state index in [2.05, 4.69) is 19.8 Å². The lowest BCUT2D eigenvalue weighted by molar-refractivity contribution is 0.183. The fourth-order valence-electron chi connectivity index (χ4n) is 3.16. The van der Waals surface area contributed by atoms with Crippen LogP contribution >= 0.6 is 0 Å². The van der Waals surface area contributed by atoms with Crippen molar-refractivity contribution in [3.05, 3.63) is 40.6 Å². The molecule has 0 N–H and O–H groups in total. The highest BCUT2D eigenvalue weighted by Crippen LogP contribution is 2.21. The van der Waals surface area contributed by atoms with Crippen LogP contribution in [0.15, 0.2) is 33.8 Å². The molecular weight excluding hydrogens is 336 g/mol. The summed E-state index contributed by atoms with van der Waals surface area (Å²) in [4.78, 5) is 25.0. The zero-order valence-electron chi connectivity index (χ0n) is 15.3. The first-order chi connectivity index (χ1) is 12.6. The van der Waals surface area contributed by atoms with Crippen LogP contribution < -0.4 is 19.8 Å². The number of hydrogen-bond acceptors (Lipinski definition) is 8. The average molecular weight is 360 g/mol. The van der Waals surface area contributed by atoms with Gasteiger partial charge in [-0.15, -0.1) is 0 Å². The van der Waals surface area contributed by atoms with Gasteiger partial charge < -0.3 is 18.8 Å². The molecule has 1 atom stereocenters. The Labute approximate surface area is 152 Å². The Hall–Kier alpha value is -2.61. The van der Waals surface area contributed by atoms with Crippen molar-refractivity contribution in [3.8, 4) is 11.6 Å². The minimum absolute atomic E-state index is 0.163. The lowest BCUT2D eigenvalue weighted by atomic mass is 10.0. The summed E-state index contributed by atoms with van der Waals surface area (Å²) in [7, 11) is 5.05. The molecule has 0 saturated carbocycles. The summed E-state index contributed by atoms with van der Waals surface area (Å²) in [6.07, 6.45) is 5.18. The first-order valence-corrected chi connectivity index (χ1v) is 8.58. The van der Waals surface area contributed by atoms with Crippen LogP contribution in [-0.4, -0.2) is 55.3 Å². The predicted octanol–water partition coefficient (Wildman–Crippen LogP) is 1.55. The van der Waals surface area contributed by atoms with Crippen LogP contribution in [0.1, 0.15) is 18.6 Å². The molecule has 3 rings (SSSR count). The second-order valence-corrected chi connectivity index (χ2v) is 6.32. The summed E-state index contributed by atoms with van der Waals surface area (Å²) in [6.45, 7) is 2.38. The number of likely N-dealkylation sites (tertiary alicyclic amines) is 1. The molecule has 0 aliphatic carbocycles. The van der Waals surface area contributed by atoms with Crippen LogP contribution in [0, 0.1) is 0 Å². The van der Waals surface area contributed by atoms with Gasteiger partial charge in [0.05, 0.1) is 20.8 Å². The Kier molecular flexibility index (Phi) is 5.72. The molecule has 2 aromatic rings. The van der Waals surface area contributed by atoms with Crippen molar-refractivity contribution in [2.24, 2.45) is 0 Å². The number of hydrogen-bond donors (Lipinski definition) is 0. The van der Waals surface area contributed by atoms with Gasteiger partial charge >= 0.3 is 0 Å². The number of ether oxygens (including phenoxy) is 2. The molecule has 3 heterocycles. The molecule has 1 fully saturated rings. The van der Waals surface area contributed by atoms with E-state index in [0.29, 0.717) is 24.1 Å². The first-order valence-electron chi connectivity index (χ1n) is 8.58. The molecule has 26 heavy (non-hydrogen) atoms. The SMILES string of the molecule is COc1ccnc(N(C)C2CCCN(Cc3cc(=O)c(OC)co3)C2)n1. The molecule has 1 aliphatic heterocycles. The molecule has 8 nitrogen and oxygen atoms in total. The summed E-state index contributed by atoms with van der Waals surface area (Å²) >= 11 is 0. The summed E-state index contributed by atoms with van der Waals surface area (Å²) in [5.74, 6) is 2.05. The molecule has 1 aliphatic rings. The maximum absolute atomic E-state index is 11.9. The van der Waals surface area contributed by atoms with E-state index >= 15 is 0 Å². The molecule has 2 aromatic heterocycles. The largest absolute Gasteiger partial charge is 0.490 e. The monoisotopic (exact) mass is 360 g/mol. The van der Waals surface area contributed by atoms with Gasteiger partial charge in [0.25, 0.3) is 0 Å². The van der Waals surface area contributed by atoms with Crippen LogP contribution in [0.25, 0.3) is 0 Å². The van der Waals surface area contributed by atoms with Crippen molar-refractivity contribution in [1.82, 2.24) is 14.9 Å². The van der Waals surface area contributed by atoms with Crippen molar-refractivity contribution < 1.29 is 13.9 Å². The van der Waals surface area contributed by atoms with Crippen LogP contribution in [-0.2, 0) is 6.54 Å². The topological polar surface area (TPSA) is 80.9 Å². The molecule has 0 radical (unpaired) electrons. The third-order valence-corrected chi connectivity index (χ3v) is 4.62. The molecule has 0 aromatic carbocycles. The van der Waals surface area contributed by atoms with E-state index in [4.69, 9.17) is 13.9 Å². The minimum atomic E-state index is -0.163. The van der Waals surface area contributed by atoms with Gasteiger partial charge in [-0.25, -0.2) is 4.98 Å². The summed E-state index contributed by atoms with van der Waals surface area (Å²) in [5, 5.41) is 0. The van der Waals surface area contributed by atoms with Gasteiger partial charge in [0.15, 0.2) is 0 Å². The maximum Gasteiger partial charge on any atom is 0.228 e. The van der Waals surface area contributed by atoms with Gasteiger partial charge in [-0.2, -0.15) is 4.98 Å². The fourth-order valence-corrected chi connectivity index (χ4v) is 3.16. The Morgan fingerprint density at radius 3 is 2.96 bits per heavy atom. The van der Waals surface area contributed by atoms with Crippen LogP contribution in [0.4, 0.5) is 5.95 Å². The first kappa shape index (κ1) is 18.2. The van der Waals surface area contributed by atoms with Gasteiger partial charge in [-0.1, -0.05) is 0 Å². The number of nitrogens with zero attached hydrogens (tertiary/aromatic N) is 4. The van der Waals surface area contributed by atoms with Crippen LogP contribution in [0.5, 0.6) is 11.6 Å². The van der Waals surface area contributed by atoms with E-state index in [0.717, 1.165) is 25.9 Å². The van der Waals surface area contributed by atoms with Crippen LogP contribution in [0.2, 0.25) is 0 Å². The molecule has 1 saturated heterocycles. The van der Waals surface area contributed by atoms with Gasteiger partial charge in [0.1, 0.15) is 12.0 Å². The van der Waals surface area contributed by atoms with Crippen molar-refractivity contribution >= 4 is 5.95 Å². The zero-order valence-corrected chi connectivity index (χ0v) is 15.3. The van der Waals surface area contributed by atoms with Crippen molar-refractivity contribution in [3.63, 3.8) is 0 Å². The highest BCUT2D eigenvalue weighted by atomic mass is 16.5. The molecule has 0 spiro atoms. The van der Waals surface area contributed by atoms with Gasteiger partial charge in [-0.3, -0.25) is 9.69 Å². The smallest absolute Gasteiger partial charge is 0.228 e. The minimum Gasteiger partial charge on any atom is -0.490 e. The van der Waals surface area contributed by atoms with E-state index < -0.39 is 0 Å².